The number of anilines is 1. The fourth-order valence-electron chi connectivity index (χ4n) is 2.35. The lowest BCUT2D eigenvalue weighted by Gasteiger charge is -2.14. The van der Waals surface area contributed by atoms with Crippen molar-refractivity contribution < 1.29 is 9.59 Å². The van der Waals surface area contributed by atoms with Gasteiger partial charge in [-0.05, 0) is 44.2 Å². The third kappa shape index (κ3) is 3.97. The van der Waals surface area contributed by atoms with Crippen molar-refractivity contribution in [1.82, 2.24) is 10.3 Å². The van der Waals surface area contributed by atoms with Crippen LogP contribution in [0.2, 0.25) is 5.02 Å². The van der Waals surface area contributed by atoms with Crippen molar-refractivity contribution in [3.05, 3.63) is 58.1 Å². The van der Waals surface area contributed by atoms with Gasteiger partial charge in [-0.1, -0.05) is 23.7 Å². The number of thiazole rings is 1. The molecule has 3 rings (SSSR count). The monoisotopic (exact) mass is 373 g/mol. The average molecular weight is 374 g/mol. The quantitative estimate of drug-likeness (QED) is 0.725. The normalized spacial score (nSPS) is 12.0. The smallest absolute Gasteiger partial charge is 0.253 e. The summed E-state index contributed by atoms with van der Waals surface area (Å²) in [6, 6.07) is 11.5. The van der Waals surface area contributed by atoms with E-state index in [0.29, 0.717) is 16.3 Å². The molecule has 0 bridgehead atoms. The van der Waals surface area contributed by atoms with E-state index in [-0.39, 0.29) is 11.8 Å². The van der Waals surface area contributed by atoms with Gasteiger partial charge in [0, 0.05) is 5.69 Å². The van der Waals surface area contributed by atoms with Crippen LogP contribution < -0.4 is 10.6 Å². The minimum absolute atomic E-state index is 0.305. The Morgan fingerprint density at radius 1 is 1.20 bits per heavy atom. The standard InChI is InChI=1S/C18H16ClN3O2S/c1-10(20-18(24)13-5-3-4-6-14(13)19)17(23)22-12-7-8-15-16(9-12)25-11(2)21-15/h3-10H,1-2H3,(H,20,24)(H,22,23). The number of nitrogens with zero attached hydrogens (tertiary/aromatic N) is 1. The Morgan fingerprint density at radius 3 is 2.72 bits per heavy atom. The van der Waals surface area contributed by atoms with E-state index in [1.165, 1.54) is 0 Å². The topological polar surface area (TPSA) is 71.1 Å². The first-order valence-corrected chi connectivity index (χ1v) is 8.87. The fourth-order valence-corrected chi connectivity index (χ4v) is 3.44. The van der Waals surface area contributed by atoms with Crippen molar-refractivity contribution in [2.24, 2.45) is 0 Å². The van der Waals surface area contributed by atoms with E-state index >= 15 is 0 Å². The van der Waals surface area contributed by atoms with Crippen LogP contribution in [0.3, 0.4) is 0 Å². The first-order chi connectivity index (χ1) is 11.9. The number of benzene rings is 2. The molecule has 0 radical (unpaired) electrons. The number of aromatic nitrogens is 1. The van der Waals surface area contributed by atoms with Crippen molar-refractivity contribution in [2.75, 3.05) is 5.32 Å². The minimum Gasteiger partial charge on any atom is -0.340 e. The van der Waals surface area contributed by atoms with E-state index in [1.54, 1.807) is 48.6 Å². The van der Waals surface area contributed by atoms with Crippen molar-refractivity contribution in [2.45, 2.75) is 19.9 Å². The molecule has 128 valence electrons. The number of hydrogen-bond acceptors (Lipinski definition) is 4. The van der Waals surface area contributed by atoms with Crippen LogP contribution in [0.1, 0.15) is 22.3 Å². The van der Waals surface area contributed by atoms with Crippen LogP contribution in [0.5, 0.6) is 0 Å². The lowest BCUT2D eigenvalue weighted by molar-refractivity contribution is -0.117. The Labute approximate surface area is 154 Å². The molecule has 1 atom stereocenters. The van der Waals surface area contributed by atoms with Crippen LogP contribution in [0.25, 0.3) is 10.2 Å². The molecule has 1 aromatic heterocycles. The van der Waals surface area contributed by atoms with Crippen LogP contribution >= 0.6 is 22.9 Å². The average Bonchev–Trinajstić information content (AvgIpc) is 2.94. The zero-order valence-electron chi connectivity index (χ0n) is 13.7. The van der Waals surface area contributed by atoms with E-state index < -0.39 is 6.04 Å². The summed E-state index contributed by atoms with van der Waals surface area (Å²) in [4.78, 5) is 28.9. The van der Waals surface area contributed by atoms with Gasteiger partial charge < -0.3 is 10.6 Å². The van der Waals surface area contributed by atoms with Crippen LogP contribution in [0, 0.1) is 6.92 Å². The Kier molecular flexibility index (Phi) is 5.01. The van der Waals surface area contributed by atoms with E-state index in [4.69, 9.17) is 11.6 Å². The van der Waals surface area contributed by atoms with Gasteiger partial charge in [0.15, 0.2) is 0 Å². The molecule has 3 aromatic rings. The maximum absolute atomic E-state index is 12.3. The molecule has 0 saturated carbocycles. The van der Waals surface area contributed by atoms with Gasteiger partial charge >= 0.3 is 0 Å². The number of nitrogens with one attached hydrogen (secondary N) is 2. The highest BCUT2D eigenvalue weighted by molar-refractivity contribution is 7.18. The SMILES string of the molecule is Cc1nc2ccc(NC(=O)C(C)NC(=O)c3ccccc3Cl)cc2s1. The lowest BCUT2D eigenvalue weighted by Crippen LogP contribution is -2.41. The molecule has 25 heavy (non-hydrogen) atoms. The number of fused-ring (bicyclic) bond motifs is 1. The molecule has 0 fully saturated rings. The second kappa shape index (κ2) is 7.21. The predicted octanol–water partition coefficient (Wildman–Crippen LogP) is 4.02. The van der Waals surface area contributed by atoms with Gasteiger partial charge in [-0.3, -0.25) is 9.59 Å². The highest BCUT2D eigenvalue weighted by Crippen LogP contribution is 2.24. The van der Waals surface area contributed by atoms with E-state index in [1.807, 2.05) is 19.1 Å². The molecule has 7 heteroatoms. The van der Waals surface area contributed by atoms with E-state index in [0.717, 1.165) is 15.2 Å². The van der Waals surface area contributed by atoms with Gasteiger partial charge in [-0.25, -0.2) is 4.98 Å². The molecule has 0 aliphatic carbocycles. The van der Waals surface area contributed by atoms with Crippen LogP contribution in [0.15, 0.2) is 42.5 Å². The molecule has 2 N–H and O–H groups in total. The summed E-state index contributed by atoms with van der Waals surface area (Å²) in [5.74, 6) is -0.692. The Hall–Kier alpha value is -2.44. The molecule has 2 amide bonds. The number of hydrogen-bond donors (Lipinski definition) is 2. The summed E-state index contributed by atoms with van der Waals surface area (Å²) in [5, 5.41) is 6.78. The molecule has 0 spiro atoms. The molecule has 0 aliphatic rings. The van der Waals surface area contributed by atoms with Crippen LogP contribution in [-0.4, -0.2) is 22.8 Å². The highest BCUT2D eigenvalue weighted by Gasteiger charge is 2.18. The molecule has 2 aromatic carbocycles. The third-order valence-electron chi connectivity index (χ3n) is 3.62. The zero-order chi connectivity index (χ0) is 18.0. The number of amides is 2. The minimum atomic E-state index is -0.706. The van der Waals surface area contributed by atoms with E-state index in [9.17, 15) is 9.59 Å². The maximum atomic E-state index is 12.3. The molecule has 1 heterocycles. The number of halogens is 1. The number of aryl methyl sites for hydroxylation is 1. The number of carbonyl (C=O) groups is 2. The molecule has 1 unspecified atom stereocenters. The van der Waals surface area contributed by atoms with E-state index in [2.05, 4.69) is 15.6 Å². The van der Waals surface area contributed by atoms with Gasteiger partial charge in [0.1, 0.15) is 6.04 Å². The molecule has 0 saturated heterocycles. The first kappa shape index (κ1) is 17.4. The summed E-state index contributed by atoms with van der Waals surface area (Å²) in [6.45, 7) is 3.56. The van der Waals surface area contributed by atoms with Crippen molar-refractivity contribution in [3.63, 3.8) is 0 Å². The second-order valence-electron chi connectivity index (χ2n) is 5.58. The number of carbonyl (C=O) groups excluding carboxylic acids is 2. The predicted molar refractivity (Wildman–Crippen MR) is 101 cm³/mol. The Bertz CT molecular complexity index is 954. The van der Waals surface area contributed by atoms with Gasteiger partial charge in [0.25, 0.3) is 5.91 Å². The summed E-state index contributed by atoms with van der Waals surface area (Å²) in [5.41, 5.74) is 1.91. The third-order valence-corrected chi connectivity index (χ3v) is 4.89. The van der Waals surface area contributed by atoms with Crippen LogP contribution in [0.4, 0.5) is 5.69 Å². The highest BCUT2D eigenvalue weighted by atomic mass is 35.5. The van der Waals surface area contributed by atoms with Crippen molar-refractivity contribution in [3.8, 4) is 0 Å². The summed E-state index contributed by atoms with van der Waals surface area (Å²) >= 11 is 7.57. The largest absolute Gasteiger partial charge is 0.340 e. The Balaban J connectivity index is 1.67. The molecular weight excluding hydrogens is 358 g/mol. The molecule has 5 nitrogen and oxygen atoms in total. The summed E-state index contributed by atoms with van der Waals surface area (Å²) in [6.07, 6.45) is 0. The second-order valence-corrected chi connectivity index (χ2v) is 7.22. The summed E-state index contributed by atoms with van der Waals surface area (Å²) < 4.78 is 1.00. The van der Waals surface area contributed by atoms with Gasteiger partial charge in [-0.2, -0.15) is 0 Å². The lowest BCUT2D eigenvalue weighted by atomic mass is 10.2. The fraction of sp³-hybridized carbons (Fsp3) is 0.167. The molecule has 0 aliphatic heterocycles. The Morgan fingerprint density at radius 2 is 1.96 bits per heavy atom. The maximum Gasteiger partial charge on any atom is 0.253 e. The van der Waals surface area contributed by atoms with Crippen molar-refractivity contribution >= 4 is 50.7 Å². The van der Waals surface area contributed by atoms with Gasteiger partial charge in [0.2, 0.25) is 5.91 Å². The zero-order valence-corrected chi connectivity index (χ0v) is 15.2. The van der Waals surface area contributed by atoms with Gasteiger partial charge in [0.05, 0.1) is 25.8 Å². The first-order valence-electron chi connectivity index (χ1n) is 7.67. The van der Waals surface area contributed by atoms with Crippen LogP contribution in [-0.2, 0) is 4.79 Å². The molecular formula is C18H16ClN3O2S. The summed E-state index contributed by atoms with van der Waals surface area (Å²) in [7, 11) is 0. The van der Waals surface area contributed by atoms with Gasteiger partial charge in [-0.15, -0.1) is 11.3 Å². The number of rotatable bonds is 4. The van der Waals surface area contributed by atoms with Crippen molar-refractivity contribution in [1.29, 1.82) is 0 Å².